The molecule has 0 aromatic heterocycles. The van der Waals surface area contributed by atoms with Crippen LogP contribution in [0.15, 0.2) is 53.4 Å². The van der Waals surface area contributed by atoms with Gasteiger partial charge in [0.15, 0.2) is 0 Å². The van der Waals surface area contributed by atoms with Gasteiger partial charge in [0.2, 0.25) is 26.0 Å². The Labute approximate surface area is 194 Å². The lowest BCUT2D eigenvalue weighted by Gasteiger charge is -2.28. The van der Waals surface area contributed by atoms with Gasteiger partial charge in [-0.1, -0.05) is 17.7 Å². The topological polar surface area (TPSA) is 113 Å². The molecule has 0 radical (unpaired) electrons. The van der Waals surface area contributed by atoms with Crippen molar-refractivity contribution in [3.63, 3.8) is 0 Å². The number of halogens is 1. The average molecular weight is 504 g/mol. The molecule has 1 N–H and O–H groups in total. The Bertz CT molecular complexity index is 1150. The van der Waals surface area contributed by atoms with Gasteiger partial charge in [-0.25, -0.2) is 21.1 Å². The van der Waals surface area contributed by atoms with Gasteiger partial charge >= 0.3 is 0 Å². The minimum absolute atomic E-state index is 0.105. The van der Waals surface area contributed by atoms with E-state index in [1.807, 2.05) is 0 Å². The van der Waals surface area contributed by atoms with Crippen molar-refractivity contribution in [1.82, 2.24) is 9.62 Å². The predicted octanol–water partition coefficient (Wildman–Crippen LogP) is 1.94. The van der Waals surface area contributed by atoms with E-state index in [1.165, 1.54) is 51.4 Å². The third-order valence-electron chi connectivity index (χ3n) is 4.42. The zero-order valence-corrected chi connectivity index (χ0v) is 20.5. The van der Waals surface area contributed by atoms with Gasteiger partial charge < -0.3 is 10.1 Å². The lowest BCUT2D eigenvalue weighted by molar-refractivity contribution is -0.121. The minimum Gasteiger partial charge on any atom is -0.492 e. The molecule has 2 aromatic rings. The first kappa shape index (κ1) is 25.9. The second-order valence-corrected chi connectivity index (χ2v) is 11.6. The molecule has 9 nitrogen and oxygen atoms in total. The van der Waals surface area contributed by atoms with Crippen molar-refractivity contribution >= 4 is 43.2 Å². The van der Waals surface area contributed by atoms with Crippen molar-refractivity contribution in [2.75, 3.05) is 37.8 Å². The summed E-state index contributed by atoms with van der Waals surface area (Å²) in [5.74, 6) is -0.0758. The van der Waals surface area contributed by atoms with E-state index in [0.29, 0.717) is 10.8 Å². The van der Waals surface area contributed by atoms with E-state index < -0.39 is 32.0 Å². The van der Waals surface area contributed by atoms with Gasteiger partial charge in [0, 0.05) is 19.1 Å². The van der Waals surface area contributed by atoms with Gasteiger partial charge in [-0.05, 0) is 49.4 Å². The third-order valence-corrected chi connectivity index (χ3v) is 7.73. The summed E-state index contributed by atoms with van der Waals surface area (Å²) in [7, 11) is -4.38. The van der Waals surface area contributed by atoms with Crippen molar-refractivity contribution in [2.24, 2.45) is 0 Å². The molecular weight excluding hydrogens is 478 g/mol. The molecule has 0 saturated heterocycles. The number of carbonyl (C=O) groups excluding carboxylic acids is 1. The maximum absolute atomic E-state index is 12.5. The molecule has 32 heavy (non-hydrogen) atoms. The fourth-order valence-electron chi connectivity index (χ4n) is 2.83. The number of benzene rings is 2. The first-order valence-electron chi connectivity index (χ1n) is 9.52. The van der Waals surface area contributed by atoms with E-state index in [1.54, 1.807) is 18.2 Å². The second-order valence-electron chi connectivity index (χ2n) is 7.11. The lowest BCUT2D eigenvalue weighted by atomic mass is 10.2. The number of anilines is 1. The smallest absolute Gasteiger partial charge is 0.243 e. The zero-order chi connectivity index (χ0) is 24.1. The van der Waals surface area contributed by atoms with Crippen LogP contribution in [-0.4, -0.2) is 66.6 Å². The highest BCUT2D eigenvalue weighted by molar-refractivity contribution is 7.92. The number of sulfonamides is 2. The van der Waals surface area contributed by atoms with Crippen LogP contribution in [-0.2, 0) is 24.8 Å². The summed E-state index contributed by atoms with van der Waals surface area (Å²) in [5, 5.41) is 2.98. The number of amides is 1. The van der Waals surface area contributed by atoms with Crippen molar-refractivity contribution in [1.29, 1.82) is 0 Å². The van der Waals surface area contributed by atoms with E-state index in [2.05, 4.69) is 5.32 Å². The lowest BCUT2D eigenvalue weighted by Crippen LogP contribution is -2.48. The van der Waals surface area contributed by atoms with Crippen molar-refractivity contribution in [3.8, 4) is 5.75 Å². The number of carbonyl (C=O) groups is 1. The van der Waals surface area contributed by atoms with Gasteiger partial charge in [-0.3, -0.25) is 9.10 Å². The van der Waals surface area contributed by atoms with Crippen LogP contribution in [0.2, 0.25) is 5.02 Å². The highest BCUT2D eigenvalue weighted by atomic mass is 35.5. The van der Waals surface area contributed by atoms with E-state index in [9.17, 15) is 21.6 Å². The van der Waals surface area contributed by atoms with Crippen LogP contribution in [0.3, 0.4) is 0 Å². The van der Waals surface area contributed by atoms with Crippen molar-refractivity contribution in [3.05, 3.63) is 53.6 Å². The number of nitrogens with zero attached hydrogens (tertiary/aromatic N) is 2. The number of ether oxygens (including phenoxy) is 1. The van der Waals surface area contributed by atoms with Crippen LogP contribution < -0.4 is 14.4 Å². The van der Waals surface area contributed by atoms with E-state index in [0.717, 1.165) is 14.9 Å². The average Bonchev–Trinajstić information content (AvgIpc) is 2.70. The Kier molecular flexibility index (Phi) is 8.52. The molecular formula is C20H26ClN3O6S2. The molecule has 0 aliphatic carbocycles. The molecule has 1 amide bonds. The highest BCUT2D eigenvalue weighted by Gasteiger charge is 2.29. The van der Waals surface area contributed by atoms with Gasteiger partial charge in [0.1, 0.15) is 18.4 Å². The molecule has 176 valence electrons. The number of nitrogens with one attached hydrogen (secondary N) is 1. The molecule has 2 aromatic carbocycles. The quantitative estimate of drug-likeness (QED) is 0.496. The third kappa shape index (κ3) is 6.58. The Morgan fingerprint density at radius 1 is 1.09 bits per heavy atom. The summed E-state index contributed by atoms with van der Waals surface area (Å²) in [6.07, 6.45) is 1.01. The molecule has 2 rings (SSSR count). The molecule has 0 aliphatic rings. The summed E-state index contributed by atoms with van der Waals surface area (Å²) in [6, 6.07) is 11.1. The molecule has 1 atom stereocenters. The molecule has 0 saturated carbocycles. The number of hydrogen-bond acceptors (Lipinski definition) is 6. The molecule has 0 heterocycles. The van der Waals surface area contributed by atoms with Crippen LogP contribution >= 0.6 is 11.6 Å². The summed E-state index contributed by atoms with van der Waals surface area (Å²) in [4.78, 5) is 12.7. The summed E-state index contributed by atoms with van der Waals surface area (Å²) < 4.78 is 56.3. The second kappa shape index (κ2) is 10.5. The SMILES string of the molecule is C[C@H](C(=O)NCCOc1ccc(S(=O)(=O)N(C)C)cc1)N(c1cccc(Cl)c1)S(C)(=O)=O. The predicted molar refractivity (Wildman–Crippen MR) is 124 cm³/mol. The van der Waals surface area contributed by atoms with Crippen molar-refractivity contribution < 1.29 is 26.4 Å². The minimum atomic E-state index is -3.74. The van der Waals surface area contributed by atoms with Gasteiger partial charge in [0.25, 0.3) is 0 Å². The zero-order valence-electron chi connectivity index (χ0n) is 18.1. The normalized spacial score (nSPS) is 12.9. The highest BCUT2D eigenvalue weighted by Crippen LogP contribution is 2.24. The van der Waals surface area contributed by atoms with E-state index in [4.69, 9.17) is 16.3 Å². The first-order chi connectivity index (χ1) is 14.8. The van der Waals surface area contributed by atoms with Crippen LogP contribution in [0.5, 0.6) is 5.75 Å². The maximum atomic E-state index is 12.5. The van der Waals surface area contributed by atoms with Gasteiger partial charge in [-0.15, -0.1) is 0 Å². The largest absolute Gasteiger partial charge is 0.492 e. The Morgan fingerprint density at radius 3 is 2.25 bits per heavy atom. The number of hydrogen-bond donors (Lipinski definition) is 1. The Hall–Kier alpha value is -2.34. The molecule has 0 bridgehead atoms. The monoisotopic (exact) mass is 503 g/mol. The molecule has 12 heteroatoms. The van der Waals surface area contributed by atoms with Crippen LogP contribution in [0, 0.1) is 0 Å². The van der Waals surface area contributed by atoms with Crippen molar-refractivity contribution in [2.45, 2.75) is 17.9 Å². The van der Waals surface area contributed by atoms with Crippen LogP contribution in [0.4, 0.5) is 5.69 Å². The van der Waals surface area contributed by atoms with Gasteiger partial charge in [-0.2, -0.15) is 0 Å². The summed E-state index contributed by atoms with van der Waals surface area (Å²) >= 11 is 5.96. The summed E-state index contributed by atoms with van der Waals surface area (Å²) in [6.45, 7) is 1.70. The Morgan fingerprint density at radius 2 is 1.72 bits per heavy atom. The number of rotatable bonds is 10. The molecule has 0 unspecified atom stereocenters. The fourth-order valence-corrected chi connectivity index (χ4v) is 5.08. The van der Waals surface area contributed by atoms with Gasteiger partial charge in [0.05, 0.1) is 23.4 Å². The summed E-state index contributed by atoms with van der Waals surface area (Å²) in [5.41, 5.74) is 0.284. The fraction of sp³-hybridized carbons (Fsp3) is 0.350. The van der Waals surface area contributed by atoms with Crippen LogP contribution in [0.25, 0.3) is 0 Å². The maximum Gasteiger partial charge on any atom is 0.243 e. The Balaban J connectivity index is 1.95. The molecule has 0 aliphatic heterocycles. The molecule has 0 spiro atoms. The molecule has 0 fully saturated rings. The standard InChI is InChI=1S/C20H26ClN3O6S2/c1-15(24(31(4,26)27)17-7-5-6-16(21)14-17)20(25)22-12-13-30-18-8-10-19(11-9-18)32(28,29)23(2)3/h5-11,14-15H,12-13H2,1-4H3,(H,22,25)/t15-/m1/s1. The van der Waals surface area contributed by atoms with E-state index in [-0.39, 0.29) is 23.7 Å². The van der Waals surface area contributed by atoms with Crippen LogP contribution in [0.1, 0.15) is 6.92 Å². The first-order valence-corrected chi connectivity index (χ1v) is 13.2. The van der Waals surface area contributed by atoms with E-state index >= 15 is 0 Å².